The summed E-state index contributed by atoms with van der Waals surface area (Å²) in [5.74, 6) is 0. The summed E-state index contributed by atoms with van der Waals surface area (Å²) in [6.45, 7) is 4.91. The molecule has 0 atom stereocenters. The summed E-state index contributed by atoms with van der Waals surface area (Å²) in [6.07, 6.45) is 1.85. The molecule has 0 amide bonds. The molecule has 0 unspecified atom stereocenters. The van der Waals surface area contributed by atoms with E-state index in [4.69, 9.17) is 5.11 Å². The van der Waals surface area contributed by atoms with E-state index in [0.29, 0.717) is 0 Å². The highest BCUT2D eigenvalue weighted by molar-refractivity contribution is 5.90. The molecule has 0 radical (unpaired) electrons. The molecule has 19 heavy (non-hydrogen) atoms. The Morgan fingerprint density at radius 3 is 2.68 bits per heavy atom. The molecule has 1 N–H and O–H groups in total. The van der Waals surface area contributed by atoms with Gasteiger partial charge < -0.3 is 10.0 Å². The zero-order valence-corrected chi connectivity index (χ0v) is 10.9. The fourth-order valence-electron chi connectivity index (χ4n) is 2.60. The van der Waals surface area contributed by atoms with E-state index in [1.165, 1.54) is 0 Å². The van der Waals surface area contributed by atoms with Crippen molar-refractivity contribution in [3.05, 3.63) is 30.5 Å². The van der Waals surface area contributed by atoms with E-state index in [1.54, 1.807) is 0 Å². The summed E-state index contributed by atoms with van der Waals surface area (Å²) in [7, 11) is 0. The predicted octanol–water partition coefficient (Wildman–Crippen LogP) is 0.744. The van der Waals surface area contributed by atoms with Crippen LogP contribution in [0.1, 0.15) is 0 Å². The van der Waals surface area contributed by atoms with Crippen LogP contribution in [0, 0.1) is 0 Å². The molecule has 1 aromatic heterocycles. The Kier molecular flexibility index (Phi) is 3.57. The fourth-order valence-corrected chi connectivity index (χ4v) is 2.60. The number of hydrogen-bond acceptors (Lipinski definition) is 5. The van der Waals surface area contributed by atoms with E-state index in [1.807, 2.05) is 24.4 Å². The van der Waals surface area contributed by atoms with Gasteiger partial charge in [0.25, 0.3) is 0 Å². The van der Waals surface area contributed by atoms with Crippen LogP contribution in [0.3, 0.4) is 0 Å². The Bertz CT molecular complexity index is 547. The first kappa shape index (κ1) is 12.3. The van der Waals surface area contributed by atoms with Crippen molar-refractivity contribution in [3.63, 3.8) is 0 Å². The molecule has 100 valence electrons. The normalized spacial score (nSPS) is 17.0. The van der Waals surface area contributed by atoms with Crippen molar-refractivity contribution in [1.82, 2.24) is 15.1 Å². The largest absolute Gasteiger partial charge is 0.395 e. The third kappa shape index (κ3) is 2.52. The number of β-amino-alcohol motifs (C(OH)–C–C–N with tert-alkyl or cyclic N) is 1. The van der Waals surface area contributed by atoms with Crippen molar-refractivity contribution in [2.75, 3.05) is 44.2 Å². The first-order valence-corrected chi connectivity index (χ1v) is 6.67. The topological polar surface area (TPSA) is 52.5 Å². The Hall–Kier alpha value is -1.72. The fraction of sp³-hybridized carbons (Fsp3) is 0.429. The van der Waals surface area contributed by atoms with E-state index in [-0.39, 0.29) is 6.61 Å². The zero-order valence-electron chi connectivity index (χ0n) is 10.9. The van der Waals surface area contributed by atoms with Gasteiger partial charge in [0.2, 0.25) is 0 Å². The molecule has 5 nitrogen and oxygen atoms in total. The van der Waals surface area contributed by atoms with Gasteiger partial charge >= 0.3 is 0 Å². The SMILES string of the molecule is OCCN1CCN(c2cnnc3ccccc23)CC1. The third-order valence-electron chi connectivity index (χ3n) is 3.65. The maximum atomic E-state index is 8.97. The van der Waals surface area contributed by atoms with Gasteiger partial charge in [0.05, 0.1) is 24.0 Å². The van der Waals surface area contributed by atoms with E-state index in [9.17, 15) is 0 Å². The average Bonchev–Trinajstić information content (AvgIpc) is 2.48. The minimum atomic E-state index is 0.236. The lowest BCUT2D eigenvalue weighted by Gasteiger charge is -2.35. The van der Waals surface area contributed by atoms with Crippen molar-refractivity contribution >= 4 is 16.6 Å². The Morgan fingerprint density at radius 2 is 1.89 bits per heavy atom. The summed E-state index contributed by atoms with van der Waals surface area (Å²) in [5, 5.41) is 18.4. The van der Waals surface area contributed by atoms with Crippen molar-refractivity contribution in [2.24, 2.45) is 0 Å². The summed E-state index contributed by atoms with van der Waals surface area (Å²) in [4.78, 5) is 4.64. The van der Waals surface area contributed by atoms with E-state index in [2.05, 4.69) is 26.1 Å². The first-order valence-electron chi connectivity index (χ1n) is 6.67. The number of anilines is 1. The van der Waals surface area contributed by atoms with Crippen molar-refractivity contribution in [1.29, 1.82) is 0 Å². The highest BCUT2D eigenvalue weighted by Gasteiger charge is 2.18. The van der Waals surface area contributed by atoms with Gasteiger partial charge in [0.1, 0.15) is 0 Å². The number of aromatic nitrogens is 2. The number of nitrogens with zero attached hydrogens (tertiary/aromatic N) is 4. The zero-order chi connectivity index (χ0) is 13.1. The van der Waals surface area contributed by atoms with Gasteiger partial charge in [-0.15, -0.1) is 0 Å². The molecule has 0 aliphatic carbocycles. The Balaban J connectivity index is 1.82. The van der Waals surface area contributed by atoms with Crippen LogP contribution in [-0.2, 0) is 0 Å². The number of rotatable bonds is 3. The molecule has 2 aromatic rings. The van der Waals surface area contributed by atoms with Crippen LogP contribution in [0.2, 0.25) is 0 Å². The van der Waals surface area contributed by atoms with Gasteiger partial charge in [-0.3, -0.25) is 4.90 Å². The monoisotopic (exact) mass is 258 g/mol. The Morgan fingerprint density at radius 1 is 1.11 bits per heavy atom. The second kappa shape index (κ2) is 5.50. The van der Waals surface area contributed by atoms with Crippen LogP contribution >= 0.6 is 0 Å². The van der Waals surface area contributed by atoms with Gasteiger partial charge in [-0.05, 0) is 6.07 Å². The number of aliphatic hydroxyl groups is 1. The number of aliphatic hydroxyl groups excluding tert-OH is 1. The molecule has 1 saturated heterocycles. The molecule has 2 heterocycles. The minimum absolute atomic E-state index is 0.236. The Labute approximate surface area is 112 Å². The molecule has 5 heteroatoms. The summed E-state index contributed by atoms with van der Waals surface area (Å²) >= 11 is 0. The lowest BCUT2D eigenvalue weighted by Crippen LogP contribution is -2.47. The van der Waals surface area contributed by atoms with Gasteiger partial charge in [-0.1, -0.05) is 18.2 Å². The predicted molar refractivity (Wildman–Crippen MR) is 75.3 cm³/mol. The molecule has 1 aromatic carbocycles. The molecular formula is C14H18N4O. The standard InChI is InChI=1S/C14H18N4O/c19-10-9-17-5-7-18(8-6-17)14-11-15-16-13-4-2-1-3-12(13)14/h1-4,11,19H,5-10H2. The number of benzene rings is 1. The second-order valence-corrected chi connectivity index (χ2v) is 4.80. The van der Waals surface area contributed by atoms with E-state index in [0.717, 1.165) is 49.3 Å². The van der Waals surface area contributed by atoms with E-state index < -0.39 is 0 Å². The molecule has 3 rings (SSSR count). The quantitative estimate of drug-likeness (QED) is 0.880. The lowest BCUT2D eigenvalue weighted by molar-refractivity contribution is 0.189. The van der Waals surface area contributed by atoms with Gasteiger partial charge in [-0.25, -0.2) is 0 Å². The molecular weight excluding hydrogens is 240 g/mol. The van der Waals surface area contributed by atoms with Gasteiger partial charge in [-0.2, -0.15) is 10.2 Å². The first-order chi connectivity index (χ1) is 9.38. The second-order valence-electron chi connectivity index (χ2n) is 4.80. The van der Waals surface area contributed by atoms with Crippen molar-refractivity contribution in [2.45, 2.75) is 0 Å². The van der Waals surface area contributed by atoms with Crippen LogP contribution in [0.25, 0.3) is 10.9 Å². The van der Waals surface area contributed by atoms with Crippen LogP contribution in [0.15, 0.2) is 30.5 Å². The van der Waals surface area contributed by atoms with Crippen LogP contribution < -0.4 is 4.90 Å². The summed E-state index contributed by atoms with van der Waals surface area (Å²) in [5.41, 5.74) is 2.10. The summed E-state index contributed by atoms with van der Waals surface area (Å²) in [6, 6.07) is 8.11. The van der Waals surface area contributed by atoms with Crippen molar-refractivity contribution < 1.29 is 5.11 Å². The van der Waals surface area contributed by atoms with Crippen LogP contribution in [-0.4, -0.2) is 59.5 Å². The van der Waals surface area contributed by atoms with Gasteiger partial charge in [0, 0.05) is 38.1 Å². The molecule has 1 aliphatic rings. The molecule has 1 fully saturated rings. The maximum Gasteiger partial charge on any atom is 0.0950 e. The number of piperazine rings is 1. The van der Waals surface area contributed by atoms with E-state index >= 15 is 0 Å². The molecule has 0 saturated carbocycles. The van der Waals surface area contributed by atoms with Crippen molar-refractivity contribution in [3.8, 4) is 0 Å². The molecule has 0 spiro atoms. The average molecular weight is 258 g/mol. The summed E-state index contributed by atoms with van der Waals surface area (Å²) < 4.78 is 0. The number of hydrogen-bond donors (Lipinski definition) is 1. The smallest absolute Gasteiger partial charge is 0.0950 e. The molecule has 1 aliphatic heterocycles. The maximum absolute atomic E-state index is 8.97. The third-order valence-corrected chi connectivity index (χ3v) is 3.65. The van der Waals surface area contributed by atoms with Gasteiger partial charge in [0.15, 0.2) is 0 Å². The highest BCUT2D eigenvalue weighted by atomic mass is 16.3. The minimum Gasteiger partial charge on any atom is -0.395 e. The van der Waals surface area contributed by atoms with Crippen LogP contribution in [0.5, 0.6) is 0 Å². The van der Waals surface area contributed by atoms with Crippen LogP contribution in [0.4, 0.5) is 5.69 Å². The highest BCUT2D eigenvalue weighted by Crippen LogP contribution is 2.24. The lowest BCUT2D eigenvalue weighted by atomic mass is 10.2. The molecule has 0 bridgehead atoms. The number of fused-ring (bicyclic) bond motifs is 1.